The minimum absolute atomic E-state index is 0.105. The zero-order chi connectivity index (χ0) is 19.3. The fourth-order valence-electron chi connectivity index (χ4n) is 1.99. The van der Waals surface area contributed by atoms with Gasteiger partial charge in [-0.3, -0.25) is 9.59 Å². The van der Waals surface area contributed by atoms with Gasteiger partial charge in [0, 0.05) is 17.7 Å². The third kappa shape index (κ3) is 5.01. The van der Waals surface area contributed by atoms with Crippen LogP contribution in [0.5, 0.6) is 17.2 Å². The van der Waals surface area contributed by atoms with E-state index in [0.29, 0.717) is 11.3 Å². The number of phenols is 3. The van der Waals surface area contributed by atoms with E-state index < -0.39 is 5.91 Å². The molecule has 136 valence electrons. The molecule has 0 aromatic heterocycles. The van der Waals surface area contributed by atoms with Crippen molar-refractivity contribution in [1.29, 1.82) is 0 Å². The highest BCUT2D eigenvalue weighted by Gasteiger charge is 2.11. The van der Waals surface area contributed by atoms with Crippen molar-refractivity contribution in [2.45, 2.75) is 13.8 Å². The Hall–Kier alpha value is -3.48. The molecule has 2 aromatic rings. The molecule has 0 fully saturated rings. The Kier molecular flexibility index (Phi) is 5.85. The third-order valence-corrected chi connectivity index (χ3v) is 3.47. The summed E-state index contributed by atoms with van der Waals surface area (Å²) in [6, 6.07) is 8.49. The molecule has 7 heteroatoms. The number of carbonyl (C=O) groups excluding carboxylic acids is 2. The molecule has 0 bridgehead atoms. The number of aromatic hydroxyl groups is 3. The molecule has 0 aliphatic heterocycles. The number of hydrogen-bond acceptors (Lipinski definition) is 5. The average molecular weight is 356 g/mol. The number of hydrogen-bond donors (Lipinski definition) is 5. The predicted octanol–water partition coefficient (Wildman–Crippen LogP) is 3.05. The summed E-state index contributed by atoms with van der Waals surface area (Å²) in [5, 5.41) is 33.7. The van der Waals surface area contributed by atoms with Gasteiger partial charge < -0.3 is 26.0 Å². The van der Waals surface area contributed by atoms with Crippen LogP contribution in [0.15, 0.2) is 42.5 Å². The van der Waals surface area contributed by atoms with Gasteiger partial charge in [0.2, 0.25) is 11.8 Å². The Balaban J connectivity index is 2.07. The maximum absolute atomic E-state index is 12.0. The molecule has 0 spiro atoms. The fourth-order valence-corrected chi connectivity index (χ4v) is 1.99. The Morgan fingerprint density at radius 1 is 0.923 bits per heavy atom. The van der Waals surface area contributed by atoms with Gasteiger partial charge in [-0.15, -0.1) is 0 Å². The smallest absolute Gasteiger partial charge is 0.248 e. The van der Waals surface area contributed by atoms with Crippen LogP contribution in [-0.4, -0.2) is 27.1 Å². The molecule has 0 unspecified atom stereocenters. The lowest BCUT2D eigenvalue weighted by Gasteiger charge is -2.11. The van der Waals surface area contributed by atoms with Crippen LogP contribution in [0.25, 0.3) is 6.08 Å². The molecule has 0 atom stereocenters. The molecule has 2 aromatic carbocycles. The minimum atomic E-state index is -0.440. The van der Waals surface area contributed by atoms with Crippen LogP contribution < -0.4 is 10.6 Å². The number of nitrogens with one attached hydrogen (secondary N) is 2. The summed E-state index contributed by atoms with van der Waals surface area (Å²) in [7, 11) is 0. The van der Waals surface area contributed by atoms with Crippen LogP contribution in [0.3, 0.4) is 0 Å². The summed E-state index contributed by atoms with van der Waals surface area (Å²) in [6.45, 7) is 3.45. The van der Waals surface area contributed by atoms with E-state index in [1.165, 1.54) is 42.5 Å². The predicted molar refractivity (Wildman–Crippen MR) is 99.0 cm³/mol. The number of benzene rings is 2. The lowest BCUT2D eigenvalue weighted by atomic mass is 10.2. The molecule has 0 saturated carbocycles. The highest BCUT2D eigenvalue weighted by Crippen LogP contribution is 2.27. The largest absolute Gasteiger partial charge is 0.506 e. The Morgan fingerprint density at radius 2 is 1.62 bits per heavy atom. The molecule has 26 heavy (non-hydrogen) atoms. The SMILES string of the molecule is CC(C)C(=O)Nc1cc(NC(=O)/C=C/c2ccc(O)c(O)c2)ccc1O. The topological polar surface area (TPSA) is 119 Å². The summed E-state index contributed by atoms with van der Waals surface area (Å²) in [5.74, 6) is -1.58. The Labute approximate surface area is 150 Å². The first-order valence-corrected chi connectivity index (χ1v) is 7.91. The van der Waals surface area contributed by atoms with E-state index in [1.54, 1.807) is 19.9 Å². The van der Waals surface area contributed by atoms with Crippen molar-refractivity contribution in [2.24, 2.45) is 5.92 Å². The van der Waals surface area contributed by atoms with Crippen LogP contribution in [0, 0.1) is 5.92 Å². The molecule has 2 amide bonds. The van der Waals surface area contributed by atoms with E-state index >= 15 is 0 Å². The number of anilines is 2. The van der Waals surface area contributed by atoms with Gasteiger partial charge in [-0.1, -0.05) is 19.9 Å². The van der Waals surface area contributed by atoms with Gasteiger partial charge in [0.1, 0.15) is 5.75 Å². The van der Waals surface area contributed by atoms with Crippen molar-refractivity contribution in [3.05, 3.63) is 48.0 Å². The van der Waals surface area contributed by atoms with Crippen molar-refractivity contribution in [3.63, 3.8) is 0 Å². The number of phenolic OH excluding ortho intramolecular Hbond substituents is 3. The van der Waals surface area contributed by atoms with Gasteiger partial charge in [0.15, 0.2) is 11.5 Å². The average Bonchev–Trinajstić information content (AvgIpc) is 2.58. The van der Waals surface area contributed by atoms with E-state index in [9.17, 15) is 24.9 Å². The molecule has 0 heterocycles. The van der Waals surface area contributed by atoms with Gasteiger partial charge in [0.25, 0.3) is 0 Å². The fraction of sp³-hybridized carbons (Fsp3) is 0.158. The second-order valence-electron chi connectivity index (χ2n) is 5.95. The Morgan fingerprint density at radius 3 is 2.27 bits per heavy atom. The Bertz CT molecular complexity index is 859. The van der Waals surface area contributed by atoms with Gasteiger partial charge in [0.05, 0.1) is 5.69 Å². The van der Waals surface area contributed by atoms with Crippen molar-refractivity contribution in [1.82, 2.24) is 0 Å². The van der Waals surface area contributed by atoms with Gasteiger partial charge in [-0.25, -0.2) is 0 Å². The number of rotatable bonds is 5. The normalized spacial score (nSPS) is 10.9. The standard InChI is InChI=1S/C19H20N2O5/c1-11(2)19(26)21-14-10-13(5-7-15(14)22)20-18(25)8-4-12-3-6-16(23)17(24)9-12/h3-11,22-24H,1-2H3,(H,20,25)(H,21,26)/b8-4+. The minimum Gasteiger partial charge on any atom is -0.506 e. The van der Waals surface area contributed by atoms with Crippen molar-refractivity contribution in [3.8, 4) is 17.2 Å². The number of carbonyl (C=O) groups is 2. The first-order chi connectivity index (χ1) is 12.3. The molecule has 7 nitrogen and oxygen atoms in total. The highest BCUT2D eigenvalue weighted by atomic mass is 16.3. The van der Waals surface area contributed by atoms with Crippen molar-refractivity contribution < 1.29 is 24.9 Å². The summed E-state index contributed by atoms with van der Waals surface area (Å²) in [6.07, 6.45) is 2.72. The lowest BCUT2D eigenvalue weighted by Crippen LogP contribution is -2.18. The first-order valence-electron chi connectivity index (χ1n) is 7.91. The van der Waals surface area contributed by atoms with Gasteiger partial charge in [-0.05, 0) is 42.0 Å². The zero-order valence-electron chi connectivity index (χ0n) is 14.4. The van der Waals surface area contributed by atoms with E-state index in [0.717, 1.165) is 0 Å². The van der Waals surface area contributed by atoms with E-state index in [-0.39, 0.29) is 34.8 Å². The summed E-state index contributed by atoms with van der Waals surface area (Å²) < 4.78 is 0. The van der Waals surface area contributed by atoms with E-state index in [1.807, 2.05) is 0 Å². The molecular formula is C19H20N2O5. The molecule has 2 rings (SSSR count). The number of amides is 2. The maximum Gasteiger partial charge on any atom is 0.248 e. The van der Waals surface area contributed by atoms with E-state index in [2.05, 4.69) is 10.6 Å². The monoisotopic (exact) mass is 356 g/mol. The first kappa shape index (κ1) is 18.9. The van der Waals surface area contributed by atoms with Crippen LogP contribution in [0.4, 0.5) is 11.4 Å². The third-order valence-electron chi connectivity index (χ3n) is 3.47. The maximum atomic E-state index is 12.0. The lowest BCUT2D eigenvalue weighted by molar-refractivity contribution is -0.119. The molecule has 5 N–H and O–H groups in total. The molecule has 0 saturated heterocycles. The summed E-state index contributed by atoms with van der Waals surface area (Å²) >= 11 is 0. The molecular weight excluding hydrogens is 336 g/mol. The van der Waals surface area contributed by atoms with Gasteiger partial charge in [-0.2, -0.15) is 0 Å². The molecule has 0 aliphatic carbocycles. The van der Waals surface area contributed by atoms with Crippen LogP contribution in [0.2, 0.25) is 0 Å². The zero-order valence-corrected chi connectivity index (χ0v) is 14.4. The summed E-state index contributed by atoms with van der Waals surface area (Å²) in [4.78, 5) is 23.8. The van der Waals surface area contributed by atoms with Crippen molar-refractivity contribution in [2.75, 3.05) is 10.6 Å². The highest BCUT2D eigenvalue weighted by molar-refractivity contribution is 6.03. The summed E-state index contributed by atoms with van der Waals surface area (Å²) in [5.41, 5.74) is 1.13. The quantitative estimate of drug-likeness (QED) is 0.320. The van der Waals surface area contributed by atoms with Gasteiger partial charge >= 0.3 is 0 Å². The second kappa shape index (κ2) is 8.06. The van der Waals surface area contributed by atoms with Crippen LogP contribution in [0.1, 0.15) is 19.4 Å². The second-order valence-corrected chi connectivity index (χ2v) is 5.95. The van der Waals surface area contributed by atoms with Crippen LogP contribution >= 0.6 is 0 Å². The molecule has 0 radical (unpaired) electrons. The van der Waals surface area contributed by atoms with Crippen molar-refractivity contribution >= 4 is 29.3 Å². The molecule has 0 aliphatic rings. The van der Waals surface area contributed by atoms with E-state index in [4.69, 9.17) is 0 Å². The van der Waals surface area contributed by atoms with Crippen LogP contribution in [-0.2, 0) is 9.59 Å².